The lowest BCUT2D eigenvalue weighted by Crippen LogP contribution is -2.47. The van der Waals surface area contributed by atoms with Crippen LogP contribution in [0.1, 0.15) is 6.92 Å². The highest BCUT2D eigenvalue weighted by molar-refractivity contribution is 7.98. The molecule has 0 aromatic carbocycles. The molecule has 0 aliphatic heterocycles. The Kier molecular flexibility index (Phi) is 6.08. The first-order chi connectivity index (χ1) is 7.22. The summed E-state index contributed by atoms with van der Waals surface area (Å²) in [5, 5.41) is 9.68. The molecule has 3 N–H and O–H groups in total. The molecule has 0 radical (unpaired) electrons. The minimum absolute atomic E-state index is 0.194. The SMILES string of the molecule is COC(=O)NS(=O)(=O)NCC(C)(O)CSC. The van der Waals surface area contributed by atoms with Crippen LogP contribution in [0.3, 0.4) is 0 Å². The zero-order chi connectivity index (χ0) is 12.8. The summed E-state index contributed by atoms with van der Waals surface area (Å²) in [6.45, 7) is 1.30. The average molecular weight is 272 g/mol. The molecule has 7 nitrogen and oxygen atoms in total. The molecule has 0 heterocycles. The molecule has 0 aromatic heterocycles. The summed E-state index contributed by atoms with van der Waals surface area (Å²) < 4.78 is 30.2. The second-order valence-electron chi connectivity index (χ2n) is 3.35. The molecule has 0 spiro atoms. The highest BCUT2D eigenvalue weighted by Gasteiger charge is 2.23. The summed E-state index contributed by atoms with van der Waals surface area (Å²) in [6, 6.07) is 0. The number of rotatable bonds is 6. The molecule has 16 heavy (non-hydrogen) atoms. The van der Waals surface area contributed by atoms with E-state index >= 15 is 0 Å². The molecule has 1 unspecified atom stereocenters. The number of methoxy groups -OCH3 is 1. The van der Waals surface area contributed by atoms with Crippen LogP contribution < -0.4 is 9.44 Å². The summed E-state index contributed by atoms with van der Waals surface area (Å²) in [6.07, 6.45) is 0.701. The van der Waals surface area contributed by atoms with Crippen molar-refractivity contribution < 1.29 is 23.1 Å². The third-order valence-electron chi connectivity index (χ3n) is 1.50. The van der Waals surface area contributed by atoms with Crippen LogP contribution >= 0.6 is 11.8 Å². The second kappa shape index (κ2) is 6.28. The van der Waals surface area contributed by atoms with E-state index in [0.717, 1.165) is 7.11 Å². The van der Waals surface area contributed by atoms with Crippen molar-refractivity contribution in [1.29, 1.82) is 0 Å². The van der Waals surface area contributed by atoms with Crippen molar-refractivity contribution in [3.05, 3.63) is 0 Å². The van der Waals surface area contributed by atoms with E-state index in [0.29, 0.717) is 5.75 Å². The molecule has 0 bridgehead atoms. The van der Waals surface area contributed by atoms with Crippen molar-refractivity contribution >= 4 is 28.1 Å². The van der Waals surface area contributed by atoms with E-state index in [4.69, 9.17) is 0 Å². The van der Waals surface area contributed by atoms with Gasteiger partial charge in [0.1, 0.15) is 0 Å². The standard InChI is InChI=1S/C7H16N2O5S2/c1-7(11,5-15-3)4-8-16(12,13)9-6(10)14-2/h8,11H,4-5H2,1-3H3,(H,9,10). The Hall–Kier alpha value is -0.510. The van der Waals surface area contributed by atoms with Gasteiger partial charge in [0, 0.05) is 12.3 Å². The first kappa shape index (κ1) is 15.5. The van der Waals surface area contributed by atoms with Gasteiger partial charge in [-0.15, -0.1) is 0 Å². The van der Waals surface area contributed by atoms with Crippen molar-refractivity contribution in [2.75, 3.05) is 25.7 Å². The van der Waals surface area contributed by atoms with Crippen LogP contribution in [0.4, 0.5) is 4.79 Å². The number of hydrogen-bond acceptors (Lipinski definition) is 6. The molecule has 0 aromatic rings. The van der Waals surface area contributed by atoms with Gasteiger partial charge in [0.15, 0.2) is 0 Å². The Labute approximate surface area is 99.1 Å². The zero-order valence-electron chi connectivity index (χ0n) is 9.31. The van der Waals surface area contributed by atoms with E-state index in [9.17, 15) is 18.3 Å². The molecule has 1 amide bonds. The maximum absolute atomic E-state index is 11.2. The number of thioether (sulfide) groups is 1. The molecule has 1 atom stereocenters. The molecular formula is C7H16N2O5S2. The highest BCUT2D eigenvalue weighted by atomic mass is 32.2. The Morgan fingerprint density at radius 3 is 2.56 bits per heavy atom. The number of ether oxygens (including phenoxy) is 1. The molecule has 0 saturated carbocycles. The Bertz CT molecular complexity index is 328. The van der Waals surface area contributed by atoms with Crippen LogP contribution in [0, 0.1) is 0 Å². The van der Waals surface area contributed by atoms with E-state index in [1.807, 2.05) is 4.72 Å². The fraction of sp³-hybridized carbons (Fsp3) is 0.857. The molecule has 0 rings (SSSR count). The predicted octanol–water partition coefficient (Wildman–Crippen LogP) is -0.709. The Morgan fingerprint density at radius 2 is 2.12 bits per heavy atom. The summed E-state index contributed by atoms with van der Waals surface area (Å²) >= 11 is 1.38. The number of nitrogens with one attached hydrogen (secondary N) is 2. The van der Waals surface area contributed by atoms with Crippen molar-refractivity contribution in [1.82, 2.24) is 9.44 Å². The summed E-state index contributed by atoms with van der Waals surface area (Å²) in [5.41, 5.74) is -1.18. The van der Waals surface area contributed by atoms with Crippen LogP contribution in [0.5, 0.6) is 0 Å². The Morgan fingerprint density at radius 1 is 1.56 bits per heavy atom. The molecule has 0 aliphatic rings. The Balaban J connectivity index is 4.24. The molecule has 9 heteroatoms. The quantitative estimate of drug-likeness (QED) is 0.590. The summed E-state index contributed by atoms with van der Waals surface area (Å²) in [7, 11) is -2.94. The third-order valence-corrected chi connectivity index (χ3v) is 3.37. The van der Waals surface area contributed by atoms with E-state index in [2.05, 4.69) is 4.74 Å². The van der Waals surface area contributed by atoms with E-state index < -0.39 is 21.9 Å². The predicted molar refractivity (Wildman–Crippen MR) is 61.5 cm³/mol. The van der Waals surface area contributed by atoms with E-state index in [1.54, 1.807) is 11.0 Å². The van der Waals surface area contributed by atoms with Gasteiger partial charge in [-0.05, 0) is 13.2 Å². The number of aliphatic hydroxyl groups is 1. The zero-order valence-corrected chi connectivity index (χ0v) is 10.9. The van der Waals surface area contributed by atoms with Crippen LogP contribution in [0.2, 0.25) is 0 Å². The lowest BCUT2D eigenvalue weighted by atomic mass is 10.1. The topological polar surface area (TPSA) is 105 Å². The second-order valence-corrected chi connectivity index (χ2v) is 5.71. The lowest BCUT2D eigenvalue weighted by molar-refractivity contribution is 0.0907. The average Bonchev–Trinajstić information content (AvgIpc) is 2.14. The fourth-order valence-corrected chi connectivity index (χ4v) is 2.40. The number of carbonyl (C=O) groups is 1. The molecule has 96 valence electrons. The monoisotopic (exact) mass is 272 g/mol. The van der Waals surface area contributed by atoms with Crippen LogP contribution in [0.25, 0.3) is 0 Å². The van der Waals surface area contributed by atoms with Gasteiger partial charge in [-0.25, -0.2) is 9.52 Å². The minimum atomic E-state index is -3.99. The number of carbonyl (C=O) groups excluding carboxylic acids is 1. The molecule has 0 saturated heterocycles. The molecule has 0 aliphatic carbocycles. The van der Waals surface area contributed by atoms with Crippen molar-refractivity contribution in [3.63, 3.8) is 0 Å². The first-order valence-corrected chi connectivity index (χ1v) is 7.17. The lowest BCUT2D eigenvalue weighted by Gasteiger charge is -2.22. The molecular weight excluding hydrogens is 256 g/mol. The largest absolute Gasteiger partial charge is 0.452 e. The minimum Gasteiger partial charge on any atom is -0.452 e. The third kappa shape index (κ3) is 6.88. The van der Waals surface area contributed by atoms with Gasteiger partial charge < -0.3 is 9.84 Å². The maximum atomic E-state index is 11.2. The van der Waals surface area contributed by atoms with Gasteiger partial charge in [0.05, 0.1) is 12.7 Å². The number of hydrogen-bond donors (Lipinski definition) is 3. The van der Waals surface area contributed by atoms with Gasteiger partial charge in [-0.1, -0.05) is 0 Å². The van der Waals surface area contributed by atoms with Crippen LogP contribution in [0.15, 0.2) is 0 Å². The van der Waals surface area contributed by atoms with Gasteiger partial charge in [-0.3, -0.25) is 0 Å². The van der Waals surface area contributed by atoms with Crippen LogP contribution in [-0.2, 0) is 14.9 Å². The molecule has 0 fully saturated rings. The normalized spacial score (nSPS) is 15.2. The van der Waals surface area contributed by atoms with Gasteiger partial charge in [0.25, 0.3) is 0 Å². The van der Waals surface area contributed by atoms with Crippen molar-refractivity contribution in [2.24, 2.45) is 0 Å². The van der Waals surface area contributed by atoms with Gasteiger partial charge in [0.2, 0.25) is 0 Å². The van der Waals surface area contributed by atoms with Crippen molar-refractivity contribution in [3.8, 4) is 0 Å². The van der Waals surface area contributed by atoms with Crippen LogP contribution in [-0.4, -0.2) is 50.9 Å². The highest BCUT2D eigenvalue weighted by Crippen LogP contribution is 2.09. The number of amides is 1. The van der Waals surface area contributed by atoms with E-state index in [-0.39, 0.29) is 6.54 Å². The van der Waals surface area contributed by atoms with Gasteiger partial charge in [-0.2, -0.15) is 24.9 Å². The smallest absolute Gasteiger partial charge is 0.421 e. The van der Waals surface area contributed by atoms with Crippen molar-refractivity contribution in [2.45, 2.75) is 12.5 Å². The van der Waals surface area contributed by atoms with E-state index in [1.165, 1.54) is 18.7 Å². The maximum Gasteiger partial charge on any atom is 0.421 e. The summed E-state index contributed by atoms with van der Waals surface area (Å²) in [5.74, 6) is 0.369. The first-order valence-electron chi connectivity index (χ1n) is 4.29. The summed E-state index contributed by atoms with van der Waals surface area (Å²) in [4.78, 5) is 10.7. The van der Waals surface area contributed by atoms with Gasteiger partial charge >= 0.3 is 16.3 Å². The fourth-order valence-electron chi connectivity index (χ4n) is 0.800.